The van der Waals surface area contributed by atoms with E-state index in [0.29, 0.717) is 22.9 Å². The summed E-state index contributed by atoms with van der Waals surface area (Å²) in [6, 6.07) is 7.38. The fourth-order valence-corrected chi connectivity index (χ4v) is 2.01. The van der Waals surface area contributed by atoms with E-state index in [1.807, 2.05) is 0 Å². The van der Waals surface area contributed by atoms with Crippen LogP contribution in [-0.4, -0.2) is 6.61 Å². The second-order valence-electron chi connectivity index (χ2n) is 4.34. The van der Waals surface area contributed by atoms with Gasteiger partial charge in [0.15, 0.2) is 0 Å². The van der Waals surface area contributed by atoms with E-state index in [-0.39, 0.29) is 0 Å². The number of unbranched alkanes of at least 4 members (excludes halogenated alkanes) is 5. The third kappa shape index (κ3) is 4.98. The van der Waals surface area contributed by atoms with Crippen molar-refractivity contribution in [3.8, 4) is 11.8 Å². The number of hydrogen-bond acceptors (Lipinski definition) is 2. The van der Waals surface area contributed by atoms with Crippen molar-refractivity contribution in [2.24, 2.45) is 0 Å². The highest BCUT2D eigenvalue weighted by Gasteiger charge is 2.06. The molecule has 0 amide bonds. The third-order valence-corrected chi connectivity index (χ3v) is 3.16. The Morgan fingerprint density at radius 2 is 1.89 bits per heavy atom. The van der Waals surface area contributed by atoms with Crippen molar-refractivity contribution in [3.63, 3.8) is 0 Å². The van der Waals surface area contributed by atoms with Gasteiger partial charge in [0.05, 0.1) is 11.6 Å². The van der Waals surface area contributed by atoms with E-state index in [9.17, 15) is 0 Å². The second-order valence-corrected chi connectivity index (χ2v) is 4.75. The molecule has 98 valence electrons. The number of rotatable bonds is 8. The molecule has 0 saturated carbocycles. The van der Waals surface area contributed by atoms with Crippen LogP contribution in [0.5, 0.6) is 5.75 Å². The van der Waals surface area contributed by atoms with Gasteiger partial charge in [-0.05, 0) is 18.6 Å². The van der Waals surface area contributed by atoms with Crippen molar-refractivity contribution < 1.29 is 4.74 Å². The number of benzene rings is 1. The quantitative estimate of drug-likeness (QED) is 0.623. The predicted molar refractivity (Wildman–Crippen MR) is 75.0 cm³/mol. The van der Waals surface area contributed by atoms with Gasteiger partial charge in [-0.2, -0.15) is 5.26 Å². The molecule has 0 aliphatic rings. The lowest BCUT2D eigenvalue weighted by molar-refractivity contribution is 0.303. The molecule has 0 spiro atoms. The maximum atomic E-state index is 8.98. The molecule has 0 unspecified atom stereocenters. The lowest BCUT2D eigenvalue weighted by Crippen LogP contribution is -1.99. The number of nitriles is 1. The van der Waals surface area contributed by atoms with Gasteiger partial charge in [-0.3, -0.25) is 0 Å². The van der Waals surface area contributed by atoms with Crippen LogP contribution in [0.25, 0.3) is 0 Å². The smallest absolute Gasteiger partial charge is 0.138 e. The molecule has 3 heteroatoms. The van der Waals surface area contributed by atoms with Gasteiger partial charge in [-0.1, -0.05) is 56.7 Å². The van der Waals surface area contributed by atoms with Crippen LogP contribution in [0.3, 0.4) is 0 Å². The molecular formula is C15H20ClNO. The summed E-state index contributed by atoms with van der Waals surface area (Å²) in [6.07, 6.45) is 7.36. The molecule has 2 nitrogen and oxygen atoms in total. The molecule has 0 heterocycles. The van der Waals surface area contributed by atoms with E-state index in [1.165, 1.54) is 32.1 Å². The monoisotopic (exact) mass is 265 g/mol. The molecule has 0 atom stereocenters. The summed E-state index contributed by atoms with van der Waals surface area (Å²) in [4.78, 5) is 0. The Kier molecular flexibility index (Phi) is 7.29. The molecule has 0 aromatic heterocycles. The Hall–Kier alpha value is -1.20. The van der Waals surface area contributed by atoms with Gasteiger partial charge in [-0.15, -0.1) is 0 Å². The topological polar surface area (TPSA) is 33.0 Å². The highest BCUT2D eigenvalue weighted by atomic mass is 35.5. The van der Waals surface area contributed by atoms with Crippen molar-refractivity contribution in [3.05, 3.63) is 28.8 Å². The number of halogens is 1. The van der Waals surface area contributed by atoms with Crippen molar-refractivity contribution in [1.29, 1.82) is 5.26 Å². The highest BCUT2D eigenvalue weighted by Crippen LogP contribution is 2.25. The van der Waals surface area contributed by atoms with Crippen LogP contribution in [-0.2, 0) is 0 Å². The van der Waals surface area contributed by atoms with Crippen molar-refractivity contribution in [1.82, 2.24) is 0 Å². The van der Waals surface area contributed by atoms with E-state index in [1.54, 1.807) is 18.2 Å². The fourth-order valence-electron chi connectivity index (χ4n) is 1.80. The molecule has 0 fully saturated rings. The van der Waals surface area contributed by atoms with Crippen LogP contribution in [0.1, 0.15) is 51.0 Å². The van der Waals surface area contributed by atoms with Crippen molar-refractivity contribution in [2.75, 3.05) is 6.61 Å². The molecule has 1 aromatic rings. The Morgan fingerprint density at radius 3 is 2.61 bits per heavy atom. The van der Waals surface area contributed by atoms with Gasteiger partial charge < -0.3 is 4.74 Å². The lowest BCUT2D eigenvalue weighted by Gasteiger charge is -2.08. The molecule has 18 heavy (non-hydrogen) atoms. The fraction of sp³-hybridized carbons (Fsp3) is 0.533. The average molecular weight is 266 g/mol. The van der Waals surface area contributed by atoms with Crippen LogP contribution < -0.4 is 4.74 Å². The minimum atomic E-state index is 0.435. The Bertz CT molecular complexity index is 398. The number of ether oxygens (including phenoxy) is 1. The van der Waals surface area contributed by atoms with Crippen LogP contribution in [0, 0.1) is 11.3 Å². The SMILES string of the molecule is CCCCCCCCOc1cccc(Cl)c1C#N. The van der Waals surface area contributed by atoms with Gasteiger partial charge in [0, 0.05) is 0 Å². The van der Waals surface area contributed by atoms with Gasteiger partial charge in [0.2, 0.25) is 0 Å². The molecule has 1 rings (SSSR count). The minimum Gasteiger partial charge on any atom is -0.492 e. The van der Waals surface area contributed by atoms with E-state index < -0.39 is 0 Å². The Balaban J connectivity index is 2.28. The van der Waals surface area contributed by atoms with E-state index in [2.05, 4.69) is 13.0 Å². The molecule has 0 N–H and O–H groups in total. The third-order valence-electron chi connectivity index (χ3n) is 2.84. The Labute approximate surface area is 115 Å². The first kappa shape index (κ1) is 14.9. The molecule has 1 aromatic carbocycles. The summed E-state index contributed by atoms with van der Waals surface area (Å²) in [5.74, 6) is 0.596. The summed E-state index contributed by atoms with van der Waals surface area (Å²) >= 11 is 5.92. The summed E-state index contributed by atoms with van der Waals surface area (Å²) in [5.41, 5.74) is 0.435. The number of nitrogens with zero attached hydrogens (tertiary/aromatic N) is 1. The highest BCUT2D eigenvalue weighted by molar-refractivity contribution is 6.31. The van der Waals surface area contributed by atoms with Crippen LogP contribution in [0.2, 0.25) is 5.02 Å². The second kappa shape index (κ2) is 8.83. The van der Waals surface area contributed by atoms with Gasteiger partial charge >= 0.3 is 0 Å². The zero-order valence-corrected chi connectivity index (χ0v) is 11.7. The Morgan fingerprint density at radius 1 is 1.17 bits per heavy atom. The normalized spacial score (nSPS) is 10.1. The van der Waals surface area contributed by atoms with E-state index in [4.69, 9.17) is 21.6 Å². The largest absolute Gasteiger partial charge is 0.492 e. The first-order valence-corrected chi connectivity index (χ1v) is 6.98. The first-order chi connectivity index (χ1) is 8.79. The van der Waals surface area contributed by atoms with Gasteiger partial charge in [0.25, 0.3) is 0 Å². The summed E-state index contributed by atoms with van der Waals surface area (Å²) < 4.78 is 5.61. The molecule has 0 aliphatic heterocycles. The van der Waals surface area contributed by atoms with Gasteiger partial charge in [-0.25, -0.2) is 0 Å². The standard InChI is InChI=1S/C15H20ClNO/c1-2-3-4-5-6-7-11-18-15-10-8-9-14(16)13(15)12-17/h8-10H,2-7,11H2,1H3. The minimum absolute atomic E-state index is 0.435. The average Bonchev–Trinajstić information content (AvgIpc) is 2.38. The molecular weight excluding hydrogens is 246 g/mol. The first-order valence-electron chi connectivity index (χ1n) is 6.61. The molecule has 0 radical (unpaired) electrons. The van der Waals surface area contributed by atoms with E-state index >= 15 is 0 Å². The van der Waals surface area contributed by atoms with Gasteiger partial charge in [0.1, 0.15) is 17.4 Å². The molecule has 0 aliphatic carbocycles. The van der Waals surface area contributed by atoms with Crippen LogP contribution in [0.4, 0.5) is 0 Å². The molecule has 0 saturated heterocycles. The number of hydrogen-bond donors (Lipinski definition) is 0. The van der Waals surface area contributed by atoms with E-state index in [0.717, 1.165) is 6.42 Å². The molecule has 0 bridgehead atoms. The summed E-state index contributed by atoms with van der Waals surface area (Å²) in [7, 11) is 0. The predicted octanol–water partition coefficient (Wildman–Crippen LogP) is 4.95. The summed E-state index contributed by atoms with van der Waals surface area (Å²) in [5, 5.41) is 9.44. The van der Waals surface area contributed by atoms with Crippen molar-refractivity contribution >= 4 is 11.6 Å². The zero-order valence-electron chi connectivity index (χ0n) is 10.9. The maximum Gasteiger partial charge on any atom is 0.138 e. The lowest BCUT2D eigenvalue weighted by atomic mass is 10.1. The van der Waals surface area contributed by atoms with Crippen LogP contribution in [0.15, 0.2) is 18.2 Å². The summed E-state index contributed by atoms with van der Waals surface area (Å²) in [6.45, 7) is 2.87. The zero-order chi connectivity index (χ0) is 13.2. The van der Waals surface area contributed by atoms with Crippen LogP contribution >= 0.6 is 11.6 Å². The van der Waals surface area contributed by atoms with Crippen molar-refractivity contribution in [2.45, 2.75) is 45.4 Å². The maximum absolute atomic E-state index is 8.98.